The predicted molar refractivity (Wildman–Crippen MR) is 61.8 cm³/mol. The van der Waals surface area contributed by atoms with Crippen molar-refractivity contribution in [1.82, 2.24) is 9.55 Å². The van der Waals surface area contributed by atoms with Crippen LogP contribution in [0.25, 0.3) is 11.0 Å². The molecule has 0 aliphatic rings. The minimum absolute atomic E-state index is 0.345. The van der Waals surface area contributed by atoms with E-state index < -0.39 is 5.97 Å². The summed E-state index contributed by atoms with van der Waals surface area (Å²) >= 11 is 6.02. The molecule has 1 aromatic heterocycles. The highest BCUT2D eigenvalue weighted by atomic mass is 35.5. The minimum Gasteiger partial charge on any atom is -0.465 e. The normalized spacial score (nSPS) is 10.7. The van der Waals surface area contributed by atoms with Crippen LogP contribution in [0.1, 0.15) is 17.3 Å². The number of fused-ring (bicyclic) bond motifs is 1. The first-order valence-electron chi connectivity index (χ1n) is 4.90. The number of aromatic nitrogens is 2. The number of aryl methyl sites for hydroxylation is 1. The number of ether oxygens (including phenoxy) is 1. The summed E-state index contributed by atoms with van der Waals surface area (Å²) in [7, 11) is 1.33. The fraction of sp³-hybridized carbons (Fsp3) is 0.273. The Labute approximate surface area is 97.8 Å². The molecule has 0 aliphatic heterocycles. The topological polar surface area (TPSA) is 44.1 Å². The Balaban J connectivity index is 2.64. The zero-order valence-corrected chi connectivity index (χ0v) is 9.78. The average molecular weight is 239 g/mol. The average Bonchev–Trinajstić information content (AvgIpc) is 2.69. The Kier molecular flexibility index (Phi) is 2.83. The van der Waals surface area contributed by atoms with Gasteiger partial charge in [-0.1, -0.05) is 11.6 Å². The molecule has 0 atom stereocenters. The van der Waals surface area contributed by atoms with Crippen LogP contribution in [0.5, 0.6) is 0 Å². The van der Waals surface area contributed by atoms with Crippen LogP contribution in [0.3, 0.4) is 0 Å². The van der Waals surface area contributed by atoms with Crippen molar-refractivity contribution in [2.45, 2.75) is 13.5 Å². The summed E-state index contributed by atoms with van der Waals surface area (Å²) in [5, 5.41) is 0.384. The van der Waals surface area contributed by atoms with Crippen LogP contribution in [0.15, 0.2) is 18.5 Å². The number of carbonyl (C=O) groups is 1. The second kappa shape index (κ2) is 4.14. The summed E-state index contributed by atoms with van der Waals surface area (Å²) in [6.45, 7) is 2.83. The van der Waals surface area contributed by atoms with E-state index in [9.17, 15) is 4.79 Å². The Hall–Kier alpha value is -1.55. The lowest BCUT2D eigenvalue weighted by Gasteiger charge is -2.03. The zero-order valence-electron chi connectivity index (χ0n) is 9.03. The number of hydrogen-bond donors (Lipinski definition) is 0. The predicted octanol–water partition coefficient (Wildman–Crippen LogP) is 2.50. The maximum atomic E-state index is 11.4. The van der Waals surface area contributed by atoms with Crippen LogP contribution in [0, 0.1) is 0 Å². The highest BCUT2D eigenvalue weighted by Gasteiger charge is 2.13. The van der Waals surface area contributed by atoms with Gasteiger partial charge in [-0.15, -0.1) is 0 Å². The number of carbonyl (C=O) groups excluding carboxylic acids is 1. The second-order valence-electron chi connectivity index (χ2n) is 3.34. The van der Waals surface area contributed by atoms with Crippen molar-refractivity contribution < 1.29 is 9.53 Å². The van der Waals surface area contributed by atoms with Gasteiger partial charge >= 0.3 is 5.97 Å². The van der Waals surface area contributed by atoms with Gasteiger partial charge in [0.25, 0.3) is 0 Å². The van der Waals surface area contributed by atoms with Gasteiger partial charge in [0.1, 0.15) is 0 Å². The lowest BCUT2D eigenvalue weighted by Crippen LogP contribution is -2.02. The summed E-state index contributed by atoms with van der Waals surface area (Å²) in [6, 6.07) is 3.38. The molecule has 0 spiro atoms. The maximum Gasteiger partial charge on any atom is 0.339 e. The lowest BCUT2D eigenvalue weighted by molar-refractivity contribution is 0.0601. The monoisotopic (exact) mass is 238 g/mol. The standard InChI is InChI=1S/C11H11ClN2O2/c1-3-14-6-13-9-4-7(11(15)16-2)8(12)5-10(9)14/h4-6H,3H2,1-2H3. The quantitative estimate of drug-likeness (QED) is 0.755. The number of methoxy groups -OCH3 is 1. The summed E-state index contributed by atoms with van der Waals surface area (Å²) < 4.78 is 6.60. The van der Waals surface area contributed by atoms with Crippen LogP contribution < -0.4 is 0 Å². The van der Waals surface area contributed by atoms with Crippen molar-refractivity contribution >= 4 is 28.6 Å². The van der Waals surface area contributed by atoms with Crippen LogP contribution in [-0.2, 0) is 11.3 Å². The molecule has 84 valence electrons. The molecule has 0 N–H and O–H groups in total. The van der Waals surface area contributed by atoms with Gasteiger partial charge in [-0.05, 0) is 19.1 Å². The minimum atomic E-state index is -0.446. The summed E-state index contributed by atoms with van der Waals surface area (Å²) in [5.74, 6) is -0.446. The van der Waals surface area contributed by atoms with E-state index in [-0.39, 0.29) is 0 Å². The number of rotatable bonds is 2. The van der Waals surface area contributed by atoms with Gasteiger partial charge in [0, 0.05) is 6.54 Å². The first-order valence-corrected chi connectivity index (χ1v) is 5.28. The third kappa shape index (κ3) is 1.65. The summed E-state index contributed by atoms with van der Waals surface area (Å²) in [4.78, 5) is 15.6. The van der Waals surface area contributed by atoms with Crippen LogP contribution in [0.2, 0.25) is 5.02 Å². The van der Waals surface area contributed by atoms with E-state index in [1.807, 2.05) is 11.5 Å². The number of benzene rings is 1. The van der Waals surface area contributed by atoms with E-state index in [1.165, 1.54) is 7.11 Å². The van der Waals surface area contributed by atoms with Gasteiger partial charge in [-0.3, -0.25) is 0 Å². The van der Waals surface area contributed by atoms with Gasteiger partial charge in [-0.25, -0.2) is 9.78 Å². The van der Waals surface area contributed by atoms with Crippen LogP contribution in [0.4, 0.5) is 0 Å². The lowest BCUT2D eigenvalue weighted by atomic mass is 10.2. The van der Waals surface area contributed by atoms with Crippen molar-refractivity contribution in [1.29, 1.82) is 0 Å². The Morgan fingerprint density at radius 3 is 2.94 bits per heavy atom. The Morgan fingerprint density at radius 2 is 2.31 bits per heavy atom. The third-order valence-electron chi connectivity index (χ3n) is 2.46. The fourth-order valence-corrected chi connectivity index (χ4v) is 1.83. The van der Waals surface area contributed by atoms with E-state index in [4.69, 9.17) is 11.6 Å². The molecule has 1 aromatic carbocycles. The number of halogens is 1. The highest BCUT2D eigenvalue weighted by molar-refractivity contribution is 6.34. The van der Waals surface area contributed by atoms with E-state index >= 15 is 0 Å². The first kappa shape index (κ1) is 11.0. The molecular formula is C11H11ClN2O2. The summed E-state index contributed by atoms with van der Waals surface area (Å²) in [5.41, 5.74) is 2.00. The Bertz CT molecular complexity index is 548. The van der Waals surface area contributed by atoms with Gasteiger partial charge in [0.2, 0.25) is 0 Å². The van der Waals surface area contributed by atoms with Gasteiger partial charge < -0.3 is 9.30 Å². The van der Waals surface area contributed by atoms with Gasteiger partial charge in [-0.2, -0.15) is 0 Å². The Morgan fingerprint density at radius 1 is 1.56 bits per heavy atom. The van der Waals surface area contributed by atoms with Crippen molar-refractivity contribution in [2.24, 2.45) is 0 Å². The molecule has 0 saturated carbocycles. The van der Waals surface area contributed by atoms with E-state index in [1.54, 1.807) is 18.5 Å². The molecule has 0 saturated heterocycles. The maximum absolute atomic E-state index is 11.4. The van der Waals surface area contributed by atoms with Crippen molar-refractivity contribution in [3.8, 4) is 0 Å². The molecule has 16 heavy (non-hydrogen) atoms. The number of imidazole rings is 1. The second-order valence-corrected chi connectivity index (χ2v) is 3.75. The van der Waals surface area contributed by atoms with Crippen LogP contribution >= 0.6 is 11.6 Å². The number of nitrogens with zero attached hydrogens (tertiary/aromatic N) is 2. The smallest absolute Gasteiger partial charge is 0.339 e. The van der Waals surface area contributed by atoms with Crippen molar-refractivity contribution in [3.05, 3.63) is 29.0 Å². The molecule has 0 bridgehead atoms. The molecule has 4 nitrogen and oxygen atoms in total. The molecular weight excluding hydrogens is 228 g/mol. The zero-order chi connectivity index (χ0) is 11.7. The molecule has 2 aromatic rings. The van der Waals surface area contributed by atoms with Crippen molar-refractivity contribution in [2.75, 3.05) is 7.11 Å². The summed E-state index contributed by atoms with van der Waals surface area (Å²) in [6.07, 6.45) is 1.72. The highest BCUT2D eigenvalue weighted by Crippen LogP contribution is 2.24. The van der Waals surface area contributed by atoms with Gasteiger partial charge in [0.05, 0.1) is 35.1 Å². The molecule has 1 heterocycles. The largest absolute Gasteiger partial charge is 0.465 e. The molecule has 0 amide bonds. The number of esters is 1. The van der Waals surface area contributed by atoms with E-state index in [0.29, 0.717) is 10.6 Å². The van der Waals surface area contributed by atoms with E-state index in [0.717, 1.165) is 17.6 Å². The van der Waals surface area contributed by atoms with Crippen LogP contribution in [-0.4, -0.2) is 22.6 Å². The van der Waals surface area contributed by atoms with E-state index in [2.05, 4.69) is 9.72 Å². The number of hydrogen-bond acceptors (Lipinski definition) is 3. The van der Waals surface area contributed by atoms with Gasteiger partial charge in [0.15, 0.2) is 0 Å². The molecule has 0 radical (unpaired) electrons. The third-order valence-corrected chi connectivity index (χ3v) is 2.77. The SMILES string of the molecule is CCn1cnc2cc(C(=O)OC)c(Cl)cc21. The molecule has 0 aliphatic carbocycles. The first-order chi connectivity index (χ1) is 7.67. The van der Waals surface area contributed by atoms with Crippen molar-refractivity contribution in [3.63, 3.8) is 0 Å². The fourth-order valence-electron chi connectivity index (χ4n) is 1.60. The molecule has 0 fully saturated rings. The molecule has 0 unspecified atom stereocenters. The molecule has 2 rings (SSSR count). The molecule has 5 heteroatoms.